The van der Waals surface area contributed by atoms with Crippen molar-refractivity contribution in [2.24, 2.45) is 0 Å². The molecular formula is C13H18O4. The van der Waals surface area contributed by atoms with Gasteiger partial charge in [0.05, 0.1) is 19.3 Å². The molecule has 1 N–H and O–H groups in total. The summed E-state index contributed by atoms with van der Waals surface area (Å²) in [5.41, 5.74) is 2.34. The van der Waals surface area contributed by atoms with Gasteiger partial charge in [0.2, 0.25) is 0 Å². The molecule has 4 heteroatoms. The number of carbonyl (C=O) groups excluding carboxylic acids is 1. The molecule has 1 aromatic rings. The highest BCUT2D eigenvalue weighted by Gasteiger charge is 2.14. The minimum atomic E-state index is -0.360. The van der Waals surface area contributed by atoms with Crippen molar-refractivity contribution in [1.29, 1.82) is 0 Å². The van der Waals surface area contributed by atoms with Crippen molar-refractivity contribution in [2.75, 3.05) is 20.3 Å². The Labute approximate surface area is 101 Å². The molecule has 0 saturated carbocycles. The number of aliphatic hydroxyl groups is 1. The van der Waals surface area contributed by atoms with Gasteiger partial charge in [0.15, 0.2) is 0 Å². The number of carbonyl (C=O) groups is 1. The number of ether oxygens (including phenoxy) is 2. The van der Waals surface area contributed by atoms with E-state index in [9.17, 15) is 4.79 Å². The molecule has 0 spiro atoms. The van der Waals surface area contributed by atoms with E-state index in [1.165, 1.54) is 0 Å². The third-order valence-electron chi connectivity index (χ3n) is 2.71. The quantitative estimate of drug-likeness (QED) is 0.628. The minimum Gasteiger partial charge on any atom is -0.496 e. The van der Waals surface area contributed by atoms with Crippen LogP contribution < -0.4 is 4.74 Å². The lowest BCUT2D eigenvalue weighted by molar-refractivity contribution is 0.0481. The Hall–Kier alpha value is -1.55. The van der Waals surface area contributed by atoms with Crippen LogP contribution in [-0.4, -0.2) is 31.4 Å². The Balaban J connectivity index is 2.84. The van der Waals surface area contributed by atoms with E-state index in [1.807, 2.05) is 13.8 Å². The molecule has 0 atom stereocenters. The molecule has 1 aromatic carbocycles. The molecule has 0 aliphatic heterocycles. The molecular weight excluding hydrogens is 220 g/mol. The van der Waals surface area contributed by atoms with E-state index in [4.69, 9.17) is 14.6 Å². The Morgan fingerprint density at radius 1 is 1.29 bits per heavy atom. The largest absolute Gasteiger partial charge is 0.496 e. The first kappa shape index (κ1) is 13.5. The second kappa shape index (κ2) is 6.25. The summed E-state index contributed by atoms with van der Waals surface area (Å²) < 4.78 is 10.2. The maximum atomic E-state index is 11.7. The van der Waals surface area contributed by atoms with E-state index in [2.05, 4.69) is 0 Å². The van der Waals surface area contributed by atoms with E-state index >= 15 is 0 Å². The lowest BCUT2D eigenvalue weighted by Crippen LogP contribution is -2.10. The topological polar surface area (TPSA) is 55.8 Å². The number of hydrogen-bond donors (Lipinski definition) is 1. The van der Waals surface area contributed by atoms with Gasteiger partial charge in [-0.3, -0.25) is 0 Å². The lowest BCUT2D eigenvalue weighted by atomic mass is 10.0. The number of esters is 1. The van der Waals surface area contributed by atoms with Crippen molar-refractivity contribution >= 4 is 5.97 Å². The maximum absolute atomic E-state index is 11.7. The first-order valence-electron chi connectivity index (χ1n) is 5.54. The highest BCUT2D eigenvalue weighted by molar-refractivity contribution is 5.91. The number of aliphatic hydroxyl groups excluding tert-OH is 1. The van der Waals surface area contributed by atoms with Crippen LogP contribution in [0.15, 0.2) is 12.1 Å². The molecule has 94 valence electrons. The third-order valence-corrected chi connectivity index (χ3v) is 2.71. The van der Waals surface area contributed by atoms with Crippen molar-refractivity contribution in [3.63, 3.8) is 0 Å². The SMILES string of the molecule is COc1ccc(C(=O)OCCCO)c(C)c1C. The summed E-state index contributed by atoms with van der Waals surface area (Å²) >= 11 is 0. The van der Waals surface area contributed by atoms with Gasteiger partial charge in [-0.1, -0.05) is 0 Å². The van der Waals surface area contributed by atoms with Crippen LogP contribution in [0.2, 0.25) is 0 Å². The van der Waals surface area contributed by atoms with Crippen molar-refractivity contribution in [3.05, 3.63) is 28.8 Å². The summed E-state index contributed by atoms with van der Waals surface area (Å²) in [5, 5.41) is 8.61. The van der Waals surface area contributed by atoms with Crippen LogP contribution in [-0.2, 0) is 4.74 Å². The average Bonchev–Trinajstić information content (AvgIpc) is 2.32. The van der Waals surface area contributed by atoms with Crippen molar-refractivity contribution in [1.82, 2.24) is 0 Å². The zero-order chi connectivity index (χ0) is 12.8. The predicted molar refractivity (Wildman–Crippen MR) is 64.5 cm³/mol. The molecule has 0 saturated heterocycles. The molecule has 0 unspecified atom stereocenters. The van der Waals surface area contributed by atoms with Crippen LogP contribution in [0.3, 0.4) is 0 Å². The van der Waals surface area contributed by atoms with Crippen molar-refractivity contribution in [2.45, 2.75) is 20.3 Å². The van der Waals surface area contributed by atoms with Gasteiger partial charge < -0.3 is 14.6 Å². The summed E-state index contributed by atoms with van der Waals surface area (Å²) in [6.07, 6.45) is 0.458. The van der Waals surface area contributed by atoms with E-state index in [0.29, 0.717) is 12.0 Å². The van der Waals surface area contributed by atoms with E-state index in [-0.39, 0.29) is 19.2 Å². The lowest BCUT2D eigenvalue weighted by Gasteiger charge is -2.11. The fraction of sp³-hybridized carbons (Fsp3) is 0.462. The minimum absolute atomic E-state index is 0.0217. The zero-order valence-corrected chi connectivity index (χ0v) is 10.4. The Morgan fingerprint density at radius 3 is 2.59 bits per heavy atom. The van der Waals surface area contributed by atoms with Gasteiger partial charge in [-0.25, -0.2) is 4.79 Å². The van der Waals surface area contributed by atoms with Gasteiger partial charge in [0.1, 0.15) is 5.75 Å². The summed E-state index contributed by atoms with van der Waals surface area (Å²) in [4.78, 5) is 11.7. The average molecular weight is 238 g/mol. The molecule has 0 aromatic heterocycles. The number of hydrogen-bond acceptors (Lipinski definition) is 4. The highest BCUT2D eigenvalue weighted by atomic mass is 16.5. The summed E-state index contributed by atoms with van der Waals surface area (Å²) in [6, 6.07) is 3.45. The molecule has 0 aliphatic carbocycles. The predicted octanol–water partition coefficient (Wildman–Crippen LogP) is 1.85. The van der Waals surface area contributed by atoms with Crippen LogP contribution >= 0.6 is 0 Å². The summed E-state index contributed by atoms with van der Waals surface area (Å²) in [7, 11) is 1.60. The van der Waals surface area contributed by atoms with Crippen molar-refractivity contribution in [3.8, 4) is 5.75 Å². The molecule has 17 heavy (non-hydrogen) atoms. The van der Waals surface area contributed by atoms with Crippen LogP contribution in [0.1, 0.15) is 27.9 Å². The van der Waals surface area contributed by atoms with Crippen LogP contribution in [0, 0.1) is 13.8 Å². The Bertz CT molecular complexity index is 399. The van der Waals surface area contributed by atoms with Crippen LogP contribution in [0.25, 0.3) is 0 Å². The van der Waals surface area contributed by atoms with Gasteiger partial charge in [-0.15, -0.1) is 0 Å². The fourth-order valence-corrected chi connectivity index (χ4v) is 1.55. The third kappa shape index (κ3) is 3.20. The normalized spacial score (nSPS) is 10.1. The summed E-state index contributed by atoms with van der Waals surface area (Å²) in [5.74, 6) is 0.399. The van der Waals surface area contributed by atoms with Crippen molar-refractivity contribution < 1.29 is 19.4 Å². The van der Waals surface area contributed by atoms with Gasteiger partial charge in [-0.05, 0) is 37.1 Å². The van der Waals surface area contributed by atoms with Gasteiger partial charge >= 0.3 is 5.97 Å². The second-order valence-corrected chi connectivity index (χ2v) is 3.78. The molecule has 0 bridgehead atoms. The fourth-order valence-electron chi connectivity index (χ4n) is 1.55. The van der Waals surface area contributed by atoms with Gasteiger partial charge in [0.25, 0.3) is 0 Å². The molecule has 4 nitrogen and oxygen atoms in total. The first-order valence-corrected chi connectivity index (χ1v) is 5.54. The smallest absolute Gasteiger partial charge is 0.338 e. The van der Waals surface area contributed by atoms with Crippen LogP contribution in [0.4, 0.5) is 0 Å². The second-order valence-electron chi connectivity index (χ2n) is 3.78. The van der Waals surface area contributed by atoms with Crippen LogP contribution in [0.5, 0.6) is 5.75 Å². The molecule has 1 rings (SSSR count). The van der Waals surface area contributed by atoms with E-state index in [0.717, 1.165) is 16.9 Å². The number of rotatable bonds is 5. The maximum Gasteiger partial charge on any atom is 0.338 e. The molecule has 0 aliphatic rings. The highest BCUT2D eigenvalue weighted by Crippen LogP contribution is 2.24. The number of methoxy groups -OCH3 is 1. The summed E-state index contributed by atoms with van der Waals surface area (Å²) in [6.45, 7) is 4.02. The van der Waals surface area contributed by atoms with Gasteiger partial charge in [0, 0.05) is 13.0 Å². The standard InChI is InChI=1S/C13H18O4/c1-9-10(2)12(16-3)6-5-11(9)13(15)17-8-4-7-14/h5-6,14H,4,7-8H2,1-3H3. The molecule has 0 heterocycles. The molecule has 0 radical (unpaired) electrons. The van der Waals surface area contributed by atoms with E-state index < -0.39 is 0 Å². The zero-order valence-electron chi connectivity index (χ0n) is 10.4. The molecule has 0 fully saturated rings. The number of benzene rings is 1. The molecule has 0 amide bonds. The first-order chi connectivity index (χ1) is 8.11. The van der Waals surface area contributed by atoms with E-state index in [1.54, 1.807) is 19.2 Å². The van der Waals surface area contributed by atoms with Gasteiger partial charge in [-0.2, -0.15) is 0 Å². The Morgan fingerprint density at radius 2 is 2.00 bits per heavy atom. The Kier molecular flexibility index (Phi) is 4.97. The monoisotopic (exact) mass is 238 g/mol.